The van der Waals surface area contributed by atoms with Crippen LogP contribution in [0, 0.1) is 11.8 Å². The number of piperidine rings is 1. The number of nitrogens with one attached hydrogen (secondary N) is 1. The molecule has 2 saturated heterocycles. The summed E-state index contributed by atoms with van der Waals surface area (Å²) in [7, 11) is 0. The Balaban J connectivity index is 1.16. The lowest BCUT2D eigenvalue weighted by Gasteiger charge is -2.37. The Morgan fingerprint density at radius 3 is 2.42 bits per heavy atom. The Morgan fingerprint density at radius 1 is 1.11 bits per heavy atom. The van der Waals surface area contributed by atoms with Crippen molar-refractivity contribution in [1.82, 2.24) is 24.3 Å². The molecule has 2 aliphatic heterocycles. The van der Waals surface area contributed by atoms with E-state index in [1.54, 1.807) is 17.2 Å². The average Bonchev–Trinajstić information content (AvgIpc) is 3.21. The molecule has 11 heteroatoms. The Morgan fingerprint density at radius 2 is 1.81 bits per heavy atom. The minimum Gasteiger partial charge on any atom is -0.338 e. The van der Waals surface area contributed by atoms with Gasteiger partial charge in [0.2, 0.25) is 5.91 Å². The van der Waals surface area contributed by atoms with Gasteiger partial charge in [0, 0.05) is 57.0 Å². The molecule has 1 aromatic carbocycles. The van der Waals surface area contributed by atoms with Crippen LogP contribution in [-0.4, -0.2) is 87.0 Å². The summed E-state index contributed by atoms with van der Waals surface area (Å²) in [6.45, 7) is 7.86. The number of hydrogen-bond donors (Lipinski definition) is 3. The molecule has 0 radical (unpaired) electrons. The molecule has 1 aromatic heterocycles. The molecule has 3 fully saturated rings. The molecule has 3 atom stereocenters. The van der Waals surface area contributed by atoms with E-state index in [-0.39, 0.29) is 18.3 Å². The quantitative estimate of drug-likeness (QED) is 0.514. The smallest absolute Gasteiger partial charge is 0.338 e. The van der Waals surface area contributed by atoms with Crippen LogP contribution in [0.5, 0.6) is 0 Å². The van der Waals surface area contributed by atoms with Crippen LogP contribution >= 0.6 is 0 Å². The zero-order valence-electron chi connectivity index (χ0n) is 20.8. The number of fused-ring (bicyclic) bond motifs is 1. The average molecular weight is 495 g/mol. The first-order valence-corrected chi connectivity index (χ1v) is 12.4. The Labute approximate surface area is 210 Å². The van der Waals surface area contributed by atoms with Crippen LogP contribution in [0.3, 0.4) is 0 Å². The molecule has 1 aliphatic carbocycles. The summed E-state index contributed by atoms with van der Waals surface area (Å²) in [5, 5.41) is 2.63. The number of piperazine rings is 1. The maximum Gasteiger partial charge on any atom is 0.354 e. The molecule has 5 N–H and O–H groups in total. The van der Waals surface area contributed by atoms with Gasteiger partial charge in [0.15, 0.2) is 0 Å². The summed E-state index contributed by atoms with van der Waals surface area (Å²) in [6.07, 6.45) is 1.59. The summed E-state index contributed by atoms with van der Waals surface area (Å²) in [5.74, 6) is 1.29. The summed E-state index contributed by atoms with van der Waals surface area (Å²) in [5.41, 5.74) is 12.9. The first-order valence-electron chi connectivity index (χ1n) is 12.4. The van der Waals surface area contributed by atoms with Crippen LogP contribution in [0.4, 0.5) is 10.6 Å². The third kappa shape index (κ3) is 5.28. The maximum atomic E-state index is 12.7. The van der Waals surface area contributed by atoms with Gasteiger partial charge in [-0.2, -0.15) is 4.98 Å². The van der Waals surface area contributed by atoms with E-state index in [1.165, 1.54) is 15.0 Å². The number of anilines is 1. The van der Waals surface area contributed by atoms with Crippen molar-refractivity contribution in [2.45, 2.75) is 32.0 Å². The van der Waals surface area contributed by atoms with E-state index in [0.717, 1.165) is 19.6 Å². The van der Waals surface area contributed by atoms with Crippen molar-refractivity contribution in [2.75, 3.05) is 44.6 Å². The highest BCUT2D eigenvalue weighted by Crippen LogP contribution is 2.44. The van der Waals surface area contributed by atoms with Gasteiger partial charge in [0.1, 0.15) is 12.4 Å². The second-order valence-electron chi connectivity index (χ2n) is 10.9. The molecular formula is C25H34N8O3. The number of aromatic nitrogens is 2. The third-order valence-corrected chi connectivity index (χ3v) is 7.20. The van der Waals surface area contributed by atoms with Gasteiger partial charge in [0.25, 0.3) is 0 Å². The van der Waals surface area contributed by atoms with Crippen molar-refractivity contribution >= 4 is 17.8 Å². The second kappa shape index (κ2) is 9.30. The van der Waals surface area contributed by atoms with Gasteiger partial charge in [-0.15, -0.1) is 0 Å². The van der Waals surface area contributed by atoms with Gasteiger partial charge in [-0.3, -0.25) is 19.6 Å². The SMILES string of the molecule is CC(C)(N)CN1CCN(C(=O)Nc2ccn(-c3ccc(CN4CC5[C@@H](N)[C@@H]5C4)cc3)c(=O)n2)CC1=O. The number of nitrogens with zero attached hydrogens (tertiary/aromatic N) is 5. The molecule has 0 spiro atoms. The summed E-state index contributed by atoms with van der Waals surface area (Å²) in [4.78, 5) is 47.2. The predicted molar refractivity (Wildman–Crippen MR) is 136 cm³/mol. The first-order chi connectivity index (χ1) is 17.1. The van der Waals surface area contributed by atoms with Crippen molar-refractivity contribution in [3.8, 4) is 5.69 Å². The number of urea groups is 1. The van der Waals surface area contributed by atoms with Crippen LogP contribution in [0.1, 0.15) is 19.4 Å². The van der Waals surface area contributed by atoms with Crippen LogP contribution in [-0.2, 0) is 11.3 Å². The molecule has 36 heavy (non-hydrogen) atoms. The fraction of sp³-hybridized carbons (Fsp3) is 0.520. The van der Waals surface area contributed by atoms with Gasteiger partial charge in [-0.1, -0.05) is 12.1 Å². The Hall–Kier alpha value is -3.28. The van der Waals surface area contributed by atoms with E-state index in [2.05, 4.69) is 15.2 Å². The molecule has 1 saturated carbocycles. The second-order valence-corrected chi connectivity index (χ2v) is 10.9. The van der Waals surface area contributed by atoms with Crippen LogP contribution in [0.25, 0.3) is 5.69 Å². The monoisotopic (exact) mass is 494 g/mol. The van der Waals surface area contributed by atoms with Crippen molar-refractivity contribution in [3.63, 3.8) is 0 Å². The molecule has 3 heterocycles. The van der Waals surface area contributed by atoms with Gasteiger partial charge >= 0.3 is 11.7 Å². The van der Waals surface area contributed by atoms with E-state index in [4.69, 9.17) is 11.5 Å². The van der Waals surface area contributed by atoms with Crippen molar-refractivity contribution in [1.29, 1.82) is 0 Å². The van der Waals surface area contributed by atoms with E-state index in [0.29, 0.717) is 43.2 Å². The number of hydrogen-bond acceptors (Lipinski definition) is 7. The molecule has 3 amide bonds. The summed E-state index contributed by atoms with van der Waals surface area (Å²) < 4.78 is 1.43. The van der Waals surface area contributed by atoms with E-state index in [9.17, 15) is 14.4 Å². The molecule has 3 aliphatic rings. The van der Waals surface area contributed by atoms with Crippen molar-refractivity contribution in [2.24, 2.45) is 23.3 Å². The largest absolute Gasteiger partial charge is 0.354 e. The Kier molecular flexibility index (Phi) is 6.31. The van der Waals surface area contributed by atoms with Crippen molar-refractivity contribution in [3.05, 3.63) is 52.6 Å². The number of carbonyl (C=O) groups is 2. The number of rotatable bonds is 6. The fourth-order valence-corrected chi connectivity index (χ4v) is 5.21. The molecular weight excluding hydrogens is 460 g/mol. The highest BCUT2D eigenvalue weighted by molar-refractivity contribution is 5.92. The zero-order chi connectivity index (χ0) is 25.6. The number of benzene rings is 1. The zero-order valence-corrected chi connectivity index (χ0v) is 20.8. The molecule has 1 unspecified atom stereocenters. The van der Waals surface area contributed by atoms with Crippen LogP contribution in [0.15, 0.2) is 41.3 Å². The highest BCUT2D eigenvalue weighted by atomic mass is 16.2. The van der Waals surface area contributed by atoms with Gasteiger partial charge in [-0.05, 0) is 49.4 Å². The van der Waals surface area contributed by atoms with Gasteiger partial charge in [0.05, 0.1) is 5.69 Å². The van der Waals surface area contributed by atoms with E-state index in [1.807, 2.05) is 38.1 Å². The molecule has 192 valence electrons. The number of amides is 3. The van der Waals surface area contributed by atoms with Crippen molar-refractivity contribution < 1.29 is 9.59 Å². The number of carbonyl (C=O) groups excluding carboxylic acids is 2. The number of nitrogens with two attached hydrogens (primary N) is 2. The minimum absolute atomic E-state index is 0.0448. The molecule has 11 nitrogen and oxygen atoms in total. The lowest BCUT2D eigenvalue weighted by Crippen LogP contribution is -2.57. The fourth-order valence-electron chi connectivity index (χ4n) is 5.21. The standard InChI is InChI=1S/C25H34N8O3/c1-25(2,27)15-32-10-9-31(14-21(32)34)23(35)28-20-7-8-33(24(36)29-20)17-5-3-16(4-6-17)11-30-12-18-19(13-30)22(18)26/h3-8,18-19,22H,9-15,26-27H2,1-2H3,(H,28,29,35,36)/t18-,19?,22+/m1/s1. The van der Waals surface area contributed by atoms with Gasteiger partial charge < -0.3 is 21.3 Å². The van der Waals surface area contributed by atoms with E-state index >= 15 is 0 Å². The van der Waals surface area contributed by atoms with Crippen LogP contribution < -0.4 is 22.5 Å². The predicted octanol–water partition coefficient (Wildman–Crippen LogP) is 0.0348. The first kappa shape index (κ1) is 24.4. The summed E-state index contributed by atoms with van der Waals surface area (Å²) >= 11 is 0. The van der Waals surface area contributed by atoms with Crippen LogP contribution in [0.2, 0.25) is 0 Å². The molecule has 5 rings (SSSR count). The topological polar surface area (TPSA) is 143 Å². The maximum absolute atomic E-state index is 12.7. The number of likely N-dealkylation sites (tertiary alicyclic amines) is 1. The van der Waals surface area contributed by atoms with Gasteiger partial charge in [-0.25, -0.2) is 9.59 Å². The minimum atomic E-state index is -0.503. The molecule has 2 aromatic rings. The Bertz CT molecular complexity index is 1190. The lowest BCUT2D eigenvalue weighted by molar-refractivity contribution is -0.135. The summed E-state index contributed by atoms with van der Waals surface area (Å²) in [6, 6.07) is 9.32. The highest BCUT2D eigenvalue weighted by Gasteiger charge is 2.53. The van der Waals surface area contributed by atoms with E-state index < -0.39 is 17.3 Å². The third-order valence-electron chi connectivity index (χ3n) is 7.20. The molecule has 0 bridgehead atoms. The normalized spacial score (nSPS) is 24.1. The lowest BCUT2D eigenvalue weighted by atomic mass is 10.1.